The van der Waals surface area contributed by atoms with Gasteiger partial charge in [0.25, 0.3) is 0 Å². The van der Waals surface area contributed by atoms with Gasteiger partial charge in [0.1, 0.15) is 5.82 Å². The van der Waals surface area contributed by atoms with Crippen molar-refractivity contribution in [3.63, 3.8) is 0 Å². The first kappa shape index (κ1) is 15.5. The molecule has 23 heavy (non-hydrogen) atoms. The number of hydrogen-bond acceptors (Lipinski definition) is 5. The number of carbonyl (C=O) groups is 1. The first-order chi connectivity index (χ1) is 11.2. The third kappa shape index (κ3) is 4.32. The molecule has 0 aliphatic carbocycles. The Labute approximate surface area is 133 Å². The number of rotatable bonds is 5. The van der Waals surface area contributed by atoms with E-state index in [0.29, 0.717) is 18.3 Å². The molecule has 3 rings (SSSR count). The number of H-pyrrole nitrogens is 1. The molecule has 0 atom stereocenters. The predicted molar refractivity (Wildman–Crippen MR) is 80.8 cm³/mol. The van der Waals surface area contributed by atoms with Gasteiger partial charge in [-0.15, -0.1) is 10.2 Å². The lowest BCUT2D eigenvalue weighted by Gasteiger charge is -2.31. The molecule has 1 aromatic carbocycles. The van der Waals surface area contributed by atoms with Gasteiger partial charge >= 0.3 is 0 Å². The number of nitrogens with one attached hydrogen (secondary N) is 2. The number of hydrogen-bond donors (Lipinski definition) is 2. The number of aromatic nitrogens is 4. The van der Waals surface area contributed by atoms with Crippen LogP contribution in [0.1, 0.15) is 30.1 Å². The molecular weight excluding hydrogens is 299 g/mol. The van der Waals surface area contributed by atoms with E-state index in [0.717, 1.165) is 31.5 Å². The number of nitrogens with zero attached hydrogens (tertiary/aromatic N) is 4. The van der Waals surface area contributed by atoms with E-state index in [1.54, 1.807) is 12.1 Å². The van der Waals surface area contributed by atoms with Crippen molar-refractivity contribution < 1.29 is 9.18 Å². The summed E-state index contributed by atoms with van der Waals surface area (Å²) in [6.45, 7) is 2.29. The zero-order valence-electron chi connectivity index (χ0n) is 12.7. The van der Waals surface area contributed by atoms with Gasteiger partial charge in [-0.25, -0.2) is 4.39 Å². The minimum atomic E-state index is -0.189. The van der Waals surface area contributed by atoms with Crippen LogP contribution in [0.4, 0.5) is 4.39 Å². The Morgan fingerprint density at radius 3 is 2.91 bits per heavy atom. The van der Waals surface area contributed by atoms with Crippen LogP contribution in [-0.2, 0) is 11.3 Å². The summed E-state index contributed by atoms with van der Waals surface area (Å²) >= 11 is 0. The Morgan fingerprint density at radius 2 is 2.22 bits per heavy atom. The summed E-state index contributed by atoms with van der Waals surface area (Å²) in [5.41, 5.74) is 1.05. The van der Waals surface area contributed by atoms with Crippen molar-refractivity contribution in [1.29, 1.82) is 0 Å². The molecule has 1 aliphatic heterocycles. The van der Waals surface area contributed by atoms with Gasteiger partial charge in [-0.2, -0.15) is 5.21 Å². The quantitative estimate of drug-likeness (QED) is 0.853. The van der Waals surface area contributed by atoms with Crippen molar-refractivity contribution in [3.05, 3.63) is 41.5 Å². The molecule has 7 nitrogen and oxygen atoms in total. The van der Waals surface area contributed by atoms with Crippen LogP contribution in [0.3, 0.4) is 0 Å². The molecule has 2 heterocycles. The maximum absolute atomic E-state index is 13.3. The summed E-state index contributed by atoms with van der Waals surface area (Å²) in [6.07, 6.45) is 1.86. The number of carbonyl (C=O) groups excluding carboxylic acids is 1. The SMILES string of the molecule is O=C(CN1CCC(c2cccc(F)c2)CC1)NCc1nn[nH]n1. The van der Waals surface area contributed by atoms with Gasteiger partial charge in [-0.3, -0.25) is 9.69 Å². The van der Waals surface area contributed by atoms with E-state index in [2.05, 4.69) is 30.8 Å². The van der Waals surface area contributed by atoms with Crippen LogP contribution in [0, 0.1) is 5.82 Å². The zero-order chi connectivity index (χ0) is 16.1. The molecule has 1 saturated heterocycles. The van der Waals surface area contributed by atoms with E-state index >= 15 is 0 Å². The molecule has 8 heteroatoms. The van der Waals surface area contributed by atoms with Gasteiger partial charge in [0, 0.05) is 0 Å². The molecule has 1 fully saturated rings. The third-order valence-corrected chi connectivity index (χ3v) is 4.11. The Balaban J connectivity index is 1.43. The molecule has 0 saturated carbocycles. The lowest BCUT2D eigenvalue weighted by molar-refractivity contribution is -0.122. The monoisotopic (exact) mass is 318 g/mol. The molecule has 0 bridgehead atoms. The summed E-state index contributed by atoms with van der Waals surface area (Å²) in [6, 6.07) is 6.80. The highest BCUT2D eigenvalue weighted by molar-refractivity contribution is 5.77. The zero-order valence-corrected chi connectivity index (χ0v) is 12.7. The Morgan fingerprint density at radius 1 is 1.39 bits per heavy atom. The lowest BCUT2D eigenvalue weighted by atomic mass is 9.89. The summed E-state index contributed by atoms with van der Waals surface area (Å²) < 4.78 is 13.3. The standard InChI is InChI=1S/C15H19FN6O/c16-13-3-1-2-12(8-13)11-4-6-22(7-5-11)10-15(23)17-9-14-18-20-21-19-14/h1-3,8,11H,4-7,9-10H2,(H,17,23)(H,18,19,20,21). The van der Waals surface area contributed by atoms with Crippen molar-refractivity contribution in [2.24, 2.45) is 0 Å². The molecular formula is C15H19FN6O. The van der Waals surface area contributed by atoms with Gasteiger partial charge in [-0.1, -0.05) is 17.3 Å². The molecule has 2 N–H and O–H groups in total. The molecule has 0 unspecified atom stereocenters. The highest BCUT2D eigenvalue weighted by Crippen LogP contribution is 2.28. The number of amides is 1. The van der Waals surface area contributed by atoms with E-state index in [1.807, 2.05) is 6.07 Å². The number of benzene rings is 1. The number of halogens is 1. The van der Waals surface area contributed by atoms with E-state index in [9.17, 15) is 9.18 Å². The van der Waals surface area contributed by atoms with Gasteiger partial charge < -0.3 is 5.32 Å². The van der Waals surface area contributed by atoms with Gasteiger partial charge in [0.15, 0.2) is 5.82 Å². The van der Waals surface area contributed by atoms with Crippen molar-refractivity contribution in [2.75, 3.05) is 19.6 Å². The summed E-state index contributed by atoms with van der Waals surface area (Å²) in [5, 5.41) is 16.1. The van der Waals surface area contributed by atoms with E-state index in [-0.39, 0.29) is 18.3 Å². The van der Waals surface area contributed by atoms with Gasteiger partial charge in [-0.05, 0) is 49.5 Å². The molecule has 0 radical (unpaired) electrons. The summed E-state index contributed by atoms with van der Waals surface area (Å²) in [4.78, 5) is 14.0. The van der Waals surface area contributed by atoms with Crippen LogP contribution in [0.15, 0.2) is 24.3 Å². The second-order valence-electron chi connectivity index (χ2n) is 5.71. The summed E-state index contributed by atoms with van der Waals surface area (Å²) in [5.74, 6) is 0.581. The van der Waals surface area contributed by atoms with E-state index in [4.69, 9.17) is 0 Å². The Bertz CT molecular complexity index is 639. The largest absolute Gasteiger partial charge is 0.348 e. The summed E-state index contributed by atoms with van der Waals surface area (Å²) in [7, 11) is 0. The first-order valence-corrected chi connectivity index (χ1v) is 7.67. The lowest BCUT2D eigenvalue weighted by Crippen LogP contribution is -2.41. The fourth-order valence-electron chi connectivity index (χ4n) is 2.88. The molecule has 1 aliphatic rings. The van der Waals surface area contributed by atoms with Crippen LogP contribution < -0.4 is 5.32 Å². The molecule has 1 amide bonds. The normalized spacial score (nSPS) is 16.4. The number of tetrazole rings is 1. The highest BCUT2D eigenvalue weighted by Gasteiger charge is 2.22. The first-order valence-electron chi connectivity index (χ1n) is 7.67. The number of piperidine rings is 1. The van der Waals surface area contributed by atoms with Crippen LogP contribution in [0.25, 0.3) is 0 Å². The fourth-order valence-corrected chi connectivity index (χ4v) is 2.88. The highest BCUT2D eigenvalue weighted by atomic mass is 19.1. The smallest absolute Gasteiger partial charge is 0.234 e. The van der Waals surface area contributed by atoms with E-state index < -0.39 is 0 Å². The van der Waals surface area contributed by atoms with Crippen LogP contribution in [0.2, 0.25) is 0 Å². The maximum atomic E-state index is 13.3. The van der Waals surface area contributed by atoms with Crippen molar-refractivity contribution >= 4 is 5.91 Å². The minimum Gasteiger partial charge on any atom is -0.348 e. The van der Waals surface area contributed by atoms with E-state index in [1.165, 1.54) is 6.07 Å². The second-order valence-corrected chi connectivity index (χ2v) is 5.71. The predicted octanol–water partition coefficient (Wildman–Crippen LogP) is 0.835. The van der Waals surface area contributed by atoms with Gasteiger partial charge in [0.2, 0.25) is 5.91 Å². The second kappa shape index (κ2) is 7.28. The fraction of sp³-hybridized carbons (Fsp3) is 0.467. The number of likely N-dealkylation sites (tertiary alicyclic amines) is 1. The molecule has 2 aromatic rings. The Kier molecular flexibility index (Phi) is 4.92. The average Bonchev–Trinajstić information content (AvgIpc) is 3.07. The van der Waals surface area contributed by atoms with Crippen LogP contribution >= 0.6 is 0 Å². The number of aromatic amines is 1. The van der Waals surface area contributed by atoms with Crippen molar-refractivity contribution in [2.45, 2.75) is 25.3 Å². The topological polar surface area (TPSA) is 86.8 Å². The van der Waals surface area contributed by atoms with Crippen LogP contribution in [0.5, 0.6) is 0 Å². The maximum Gasteiger partial charge on any atom is 0.234 e. The van der Waals surface area contributed by atoms with Crippen LogP contribution in [-0.4, -0.2) is 51.1 Å². The average molecular weight is 318 g/mol. The molecule has 1 aromatic heterocycles. The Hall–Kier alpha value is -2.35. The van der Waals surface area contributed by atoms with Crippen molar-refractivity contribution in [1.82, 2.24) is 30.8 Å². The minimum absolute atomic E-state index is 0.0565. The molecule has 122 valence electrons. The molecule has 0 spiro atoms. The van der Waals surface area contributed by atoms with Gasteiger partial charge in [0.05, 0.1) is 13.1 Å². The third-order valence-electron chi connectivity index (χ3n) is 4.11. The van der Waals surface area contributed by atoms with Crippen molar-refractivity contribution in [3.8, 4) is 0 Å².